The molecule has 0 spiro atoms. The first-order valence-corrected chi connectivity index (χ1v) is 5.16. The largest absolute Gasteiger partial charge is 0.381 e. The van der Waals surface area contributed by atoms with Gasteiger partial charge in [0.15, 0.2) is 0 Å². The van der Waals surface area contributed by atoms with Crippen LogP contribution in [0, 0.1) is 12.8 Å². The van der Waals surface area contributed by atoms with Gasteiger partial charge in [0.2, 0.25) is 0 Å². The van der Waals surface area contributed by atoms with Gasteiger partial charge in [-0.3, -0.25) is 0 Å². The summed E-state index contributed by atoms with van der Waals surface area (Å²) in [6, 6.07) is 8.77. The Labute approximate surface area is 86.5 Å². The quantitative estimate of drug-likeness (QED) is 0.768. The number of hydrogen-bond acceptors (Lipinski definition) is 2. The predicted molar refractivity (Wildman–Crippen MR) is 62.5 cm³/mol. The van der Waals surface area contributed by atoms with E-state index in [4.69, 9.17) is 5.73 Å². The van der Waals surface area contributed by atoms with E-state index >= 15 is 0 Å². The van der Waals surface area contributed by atoms with Gasteiger partial charge in [0.05, 0.1) is 0 Å². The van der Waals surface area contributed by atoms with E-state index < -0.39 is 0 Å². The number of aryl methyl sites for hydroxylation is 1. The highest BCUT2D eigenvalue weighted by atomic mass is 14.9. The average molecular weight is 192 g/mol. The molecule has 1 atom stereocenters. The number of hydrogen-bond donors (Lipinski definition) is 2. The van der Waals surface area contributed by atoms with E-state index in [9.17, 15) is 0 Å². The van der Waals surface area contributed by atoms with Crippen molar-refractivity contribution in [3.8, 4) is 0 Å². The van der Waals surface area contributed by atoms with Crippen LogP contribution in [0.25, 0.3) is 0 Å². The third kappa shape index (κ3) is 3.04. The lowest BCUT2D eigenvalue weighted by Gasteiger charge is -2.21. The van der Waals surface area contributed by atoms with E-state index in [-0.39, 0.29) is 0 Å². The molecule has 0 aliphatic heterocycles. The minimum absolute atomic E-state index is 0.359. The summed E-state index contributed by atoms with van der Waals surface area (Å²) in [5.41, 5.74) is 8.12. The van der Waals surface area contributed by atoms with Crippen LogP contribution >= 0.6 is 0 Å². The number of rotatable bonds is 4. The standard InChI is InChI=1S/C12H20N2/c1-9(2)12(8-13)14-11-6-4-10(3)5-7-11/h4-7,9,12,14H,8,13H2,1-3H3. The monoisotopic (exact) mass is 192 g/mol. The Morgan fingerprint density at radius 1 is 1.21 bits per heavy atom. The molecule has 1 aromatic carbocycles. The Morgan fingerprint density at radius 3 is 2.21 bits per heavy atom. The van der Waals surface area contributed by atoms with Crippen molar-refractivity contribution in [3.63, 3.8) is 0 Å². The predicted octanol–water partition coefficient (Wildman–Crippen LogP) is 2.39. The Morgan fingerprint density at radius 2 is 1.79 bits per heavy atom. The van der Waals surface area contributed by atoms with Crippen LogP contribution in [-0.2, 0) is 0 Å². The highest BCUT2D eigenvalue weighted by Gasteiger charge is 2.10. The van der Waals surface area contributed by atoms with Gasteiger partial charge in [-0.25, -0.2) is 0 Å². The van der Waals surface area contributed by atoms with Crippen molar-refractivity contribution in [2.24, 2.45) is 11.7 Å². The van der Waals surface area contributed by atoms with Crippen molar-refractivity contribution >= 4 is 5.69 Å². The minimum atomic E-state index is 0.359. The van der Waals surface area contributed by atoms with E-state index in [0.29, 0.717) is 18.5 Å². The molecular weight excluding hydrogens is 172 g/mol. The molecule has 0 fully saturated rings. The molecule has 14 heavy (non-hydrogen) atoms. The Bertz CT molecular complexity index is 264. The van der Waals surface area contributed by atoms with Gasteiger partial charge in [0.1, 0.15) is 0 Å². The topological polar surface area (TPSA) is 38.0 Å². The van der Waals surface area contributed by atoms with Gasteiger partial charge in [-0.15, -0.1) is 0 Å². The lowest BCUT2D eigenvalue weighted by molar-refractivity contribution is 0.531. The molecular formula is C12H20N2. The second-order valence-corrected chi connectivity index (χ2v) is 4.10. The van der Waals surface area contributed by atoms with Crippen molar-refractivity contribution in [3.05, 3.63) is 29.8 Å². The summed E-state index contributed by atoms with van der Waals surface area (Å²) in [5.74, 6) is 0.557. The normalized spacial score (nSPS) is 12.9. The van der Waals surface area contributed by atoms with Crippen molar-refractivity contribution in [1.82, 2.24) is 0 Å². The molecule has 0 saturated heterocycles. The molecule has 1 aromatic rings. The zero-order valence-electron chi connectivity index (χ0n) is 9.25. The Balaban J connectivity index is 2.63. The van der Waals surface area contributed by atoms with Crippen molar-refractivity contribution in [2.75, 3.05) is 11.9 Å². The SMILES string of the molecule is Cc1ccc(NC(CN)C(C)C)cc1. The highest BCUT2D eigenvalue weighted by molar-refractivity contribution is 5.45. The van der Waals surface area contributed by atoms with Crippen molar-refractivity contribution in [1.29, 1.82) is 0 Å². The molecule has 78 valence electrons. The van der Waals surface area contributed by atoms with Crippen LogP contribution in [0.4, 0.5) is 5.69 Å². The fourth-order valence-corrected chi connectivity index (χ4v) is 1.36. The highest BCUT2D eigenvalue weighted by Crippen LogP contribution is 2.12. The summed E-state index contributed by atoms with van der Waals surface area (Å²) in [7, 11) is 0. The van der Waals surface area contributed by atoms with Crippen LogP contribution in [0.5, 0.6) is 0 Å². The van der Waals surface area contributed by atoms with Gasteiger partial charge in [-0.2, -0.15) is 0 Å². The Hall–Kier alpha value is -1.02. The first kappa shape index (κ1) is 11.1. The summed E-state index contributed by atoms with van der Waals surface area (Å²) >= 11 is 0. The fourth-order valence-electron chi connectivity index (χ4n) is 1.36. The summed E-state index contributed by atoms with van der Waals surface area (Å²) in [6.45, 7) is 7.12. The van der Waals surface area contributed by atoms with Crippen LogP contribution in [0.15, 0.2) is 24.3 Å². The van der Waals surface area contributed by atoms with E-state index in [1.807, 2.05) is 0 Å². The smallest absolute Gasteiger partial charge is 0.0406 e. The number of anilines is 1. The number of benzene rings is 1. The minimum Gasteiger partial charge on any atom is -0.381 e. The number of nitrogens with two attached hydrogens (primary N) is 1. The third-order valence-electron chi connectivity index (χ3n) is 2.46. The maximum atomic E-state index is 5.69. The molecule has 0 bridgehead atoms. The molecule has 2 heteroatoms. The van der Waals surface area contributed by atoms with Gasteiger partial charge in [-0.1, -0.05) is 31.5 Å². The molecule has 0 saturated carbocycles. The van der Waals surface area contributed by atoms with Crippen LogP contribution in [0.2, 0.25) is 0 Å². The molecule has 0 amide bonds. The molecule has 0 radical (unpaired) electrons. The van der Waals surface area contributed by atoms with Crippen LogP contribution in [0.1, 0.15) is 19.4 Å². The molecule has 0 heterocycles. The molecule has 1 rings (SSSR count). The summed E-state index contributed by atoms with van der Waals surface area (Å²) in [4.78, 5) is 0. The van der Waals surface area contributed by atoms with Gasteiger partial charge in [0.25, 0.3) is 0 Å². The second kappa shape index (κ2) is 5.01. The summed E-state index contributed by atoms with van der Waals surface area (Å²) in [6.07, 6.45) is 0. The van der Waals surface area contributed by atoms with Crippen molar-refractivity contribution < 1.29 is 0 Å². The van der Waals surface area contributed by atoms with E-state index in [1.54, 1.807) is 0 Å². The van der Waals surface area contributed by atoms with Gasteiger partial charge < -0.3 is 11.1 Å². The third-order valence-corrected chi connectivity index (χ3v) is 2.46. The first-order chi connectivity index (χ1) is 6.63. The maximum Gasteiger partial charge on any atom is 0.0406 e. The molecule has 3 N–H and O–H groups in total. The van der Waals surface area contributed by atoms with Gasteiger partial charge in [0, 0.05) is 18.3 Å². The molecule has 1 unspecified atom stereocenters. The van der Waals surface area contributed by atoms with Crippen LogP contribution in [-0.4, -0.2) is 12.6 Å². The fraction of sp³-hybridized carbons (Fsp3) is 0.500. The van der Waals surface area contributed by atoms with E-state index in [0.717, 1.165) is 5.69 Å². The van der Waals surface area contributed by atoms with Crippen LogP contribution < -0.4 is 11.1 Å². The molecule has 0 aliphatic carbocycles. The summed E-state index contributed by atoms with van der Waals surface area (Å²) in [5, 5.41) is 3.43. The first-order valence-electron chi connectivity index (χ1n) is 5.16. The number of nitrogens with one attached hydrogen (secondary N) is 1. The van der Waals surface area contributed by atoms with Gasteiger partial charge >= 0.3 is 0 Å². The van der Waals surface area contributed by atoms with E-state index in [2.05, 4.69) is 50.4 Å². The molecule has 0 aromatic heterocycles. The van der Waals surface area contributed by atoms with Crippen molar-refractivity contribution in [2.45, 2.75) is 26.8 Å². The molecule has 2 nitrogen and oxygen atoms in total. The summed E-state index contributed by atoms with van der Waals surface area (Å²) < 4.78 is 0. The second-order valence-electron chi connectivity index (χ2n) is 4.10. The Kier molecular flexibility index (Phi) is 3.96. The lowest BCUT2D eigenvalue weighted by Crippen LogP contribution is -2.33. The van der Waals surface area contributed by atoms with E-state index in [1.165, 1.54) is 5.56 Å². The van der Waals surface area contributed by atoms with Crippen LogP contribution in [0.3, 0.4) is 0 Å². The zero-order chi connectivity index (χ0) is 10.6. The molecule has 0 aliphatic rings. The maximum absolute atomic E-state index is 5.69. The van der Waals surface area contributed by atoms with Gasteiger partial charge in [-0.05, 0) is 25.0 Å². The lowest BCUT2D eigenvalue weighted by atomic mass is 10.0. The zero-order valence-corrected chi connectivity index (χ0v) is 9.25. The average Bonchev–Trinajstić information content (AvgIpc) is 2.16.